The SMILES string of the molecule is C(=CC=Cc1ccc(-c2ncc(-c3ccccc3)o2)cc1)C=Cc1ccccc1. The van der Waals surface area contributed by atoms with Gasteiger partial charge in [0.15, 0.2) is 5.76 Å². The average molecular weight is 375 g/mol. The predicted octanol–water partition coefficient (Wildman–Crippen LogP) is 7.29. The first-order valence-electron chi connectivity index (χ1n) is 9.57. The fourth-order valence-corrected chi connectivity index (χ4v) is 2.91. The molecule has 0 aliphatic rings. The first-order valence-corrected chi connectivity index (χ1v) is 9.57. The molecule has 2 nitrogen and oxygen atoms in total. The highest BCUT2D eigenvalue weighted by molar-refractivity contribution is 5.63. The third kappa shape index (κ3) is 5.08. The Morgan fingerprint density at radius 3 is 1.79 bits per heavy atom. The molecular weight excluding hydrogens is 354 g/mol. The van der Waals surface area contributed by atoms with Crippen molar-refractivity contribution in [2.75, 3.05) is 0 Å². The van der Waals surface area contributed by atoms with Crippen LogP contribution in [0.5, 0.6) is 0 Å². The number of nitrogens with zero attached hydrogens (tertiary/aromatic N) is 1. The molecule has 2 heteroatoms. The minimum atomic E-state index is 0.630. The Kier molecular flexibility index (Phi) is 5.94. The number of benzene rings is 3. The molecular formula is C27H21NO. The molecule has 0 aliphatic heterocycles. The van der Waals surface area contributed by atoms with Gasteiger partial charge in [0.2, 0.25) is 5.89 Å². The highest BCUT2D eigenvalue weighted by Crippen LogP contribution is 2.26. The van der Waals surface area contributed by atoms with E-state index in [9.17, 15) is 0 Å². The maximum atomic E-state index is 5.91. The van der Waals surface area contributed by atoms with Gasteiger partial charge >= 0.3 is 0 Å². The topological polar surface area (TPSA) is 26.0 Å². The Balaban J connectivity index is 1.37. The Morgan fingerprint density at radius 2 is 1.14 bits per heavy atom. The second-order valence-corrected chi connectivity index (χ2v) is 6.53. The van der Waals surface area contributed by atoms with E-state index in [1.807, 2.05) is 85.0 Å². The van der Waals surface area contributed by atoms with Crippen molar-refractivity contribution >= 4 is 12.2 Å². The molecule has 0 saturated heterocycles. The maximum Gasteiger partial charge on any atom is 0.226 e. The molecule has 1 heterocycles. The lowest BCUT2D eigenvalue weighted by atomic mass is 10.1. The summed E-state index contributed by atoms with van der Waals surface area (Å²) < 4.78 is 5.91. The van der Waals surface area contributed by atoms with Crippen LogP contribution in [0.15, 0.2) is 120 Å². The van der Waals surface area contributed by atoms with Crippen LogP contribution in [0.3, 0.4) is 0 Å². The summed E-state index contributed by atoms with van der Waals surface area (Å²) in [7, 11) is 0. The van der Waals surface area contributed by atoms with Crippen LogP contribution in [0.4, 0.5) is 0 Å². The molecule has 29 heavy (non-hydrogen) atoms. The number of aromatic nitrogens is 1. The second-order valence-electron chi connectivity index (χ2n) is 6.53. The summed E-state index contributed by atoms with van der Waals surface area (Å²) in [5.74, 6) is 1.41. The van der Waals surface area contributed by atoms with E-state index in [4.69, 9.17) is 4.42 Å². The van der Waals surface area contributed by atoms with Crippen LogP contribution in [-0.2, 0) is 0 Å². The van der Waals surface area contributed by atoms with Gasteiger partial charge in [-0.2, -0.15) is 0 Å². The van der Waals surface area contributed by atoms with E-state index < -0.39 is 0 Å². The Bertz CT molecular complexity index is 1120. The van der Waals surface area contributed by atoms with Gasteiger partial charge in [0.1, 0.15) is 0 Å². The second kappa shape index (κ2) is 9.34. The van der Waals surface area contributed by atoms with E-state index in [1.165, 1.54) is 5.56 Å². The molecule has 0 bridgehead atoms. The first kappa shape index (κ1) is 18.5. The lowest BCUT2D eigenvalue weighted by Crippen LogP contribution is -1.77. The van der Waals surface area contributed by atoms with Crippen LogP contribution in [0.25, 0.3) is 34.9 Å². The first-order chi connectivity index (χ1) is 14.4. The molecule has 0 unspecified atom stereocenters. The summed E-state index contributed by atoms with van der Waals surface area (Å²) in [5.41, 5.74) is 4.31. The van der Waals surface area contributed by atoms with Crippen LogP contribution in [0.1, 0.15) is 11.1 Å². The standard InChI is InChI=1S/C27H21NO/c1(5-11-22-12-7-3-8-13-22)2-6-14-23-17-19-25(20-18-23)27-28-21-26(29-27)24-15-9-4-10-16-24/h1-21H. The van der Waals surface area contributed by atoms with E-state index in [2.05, 4.69) is 41.4 Å². The minimum absolute atomic E-state index is 0.630. The largest absolute Gasteiger partial charge is 0.436 e. The Labute approximate surface area is 171 Å². The van der Waals surface area contributed by atoms with E-state index in [0.717, 1.165) is 22.5 Å². The number of allylic oxidation sites excluding steroid dienone is 4. The van der Waals surface area contributed by atoms with E-state index >= 15 is 0 Å². The normalized spacial score (nSPS) is 11.7. The molecule has 1 aromatic heterocycles. The van der Waals surface area contributed by atoms with Crippen molar-refractivity contribution < 1.29 is 4.42 Å². The average Bonchev–Trinajstić information content (AvgIpc) is 3.28. The summed E-state index contributed by atoms with van der Waals surface area (Å²) in [6.45, 7) is 0. The predicted molar refractivity (Wildman–Crippen MR) is 121 cm³/mol. The lowest BCUT2D eigenvalue weighted by Gasteiger charge is -1.98. The molecule has 0 radical (unpaired) electrons. The van der Waals surface area contributed by atoms with E-state index in [1.54, 1.807) is 6.20 Å². The van der Waals surface area contributed by atoms with Crippen molar-refractivity contribution in [1.29, 1.82) is 0 Å². The van der Waals surface area contributed by atoms with Crippen LogP contribution >= 0.6 is 0 Å². The van der Waals surface area contributed by atoms with Gasteiger partial charge in [-0.15, -0.1) is 0 Å². The molecule has 0 spiro atoms. The monoisotopic (exact) mass is 375 g/mol. The maximum absolute atomic E-state index is 5.91. The van der Waals surface area contributed by atoms with Gasteiger partial charge in [-0.1, -0.05) is 109 Å². The molecule has 0 aliphatic carbocycles. The van der Waals surface area contributed by atoms with Crippen molar-refractivity contribution in [2.45, 2.75) is 0 Å². The van der Waals surface area contributed by atoms with Crippen LogP contribution in [-0.4, -0.2) is 4.98 Å². The van der Waals surface area contributed by atoms with Crippen molar-refractivity contribution in [1.82, 2.24) is 4.98 Å². The van der Waals surface area contributed by atoms with Gasteiger partial charge in [-0.25, -0.2) is 4.98 Å². The summed E-state index contributed by atoms with van der Waals surface area (Å²) in [6.07, 6.45) is 14.0. The number of hydrogen-bond donors (Lipinski definition) is 0. The van der Waals surface area contributed by atoms with Crippen molar-refractivity contribution in [3.8, 4) is 22.8 Å². The zero-order valence-electron chi connectivity index (χ0n) is 16.0. The van der Waals surface area contributed by atoms with Crippen LogP contribution < -0.4 is 0 Å². The smallest absolute Gasteiger partial charge is 0.226 e. The molecule has 0 N–H and O–H groups in total. The van der Waals surface area contributed by atoms with Crippen LogP contribution in [0.2, 0.25) is 0 Å². The summed E-state index contributed by atoms with van der Waals surface area (Å²) in [5, 5.41) is 0. The fourth-order valence-electron chi connectivity index (χ4n) is 2.91. The zero-order chi connectivity index (χ0) is 19.7. The van der Waals surface area contributed by atoms with Gasteiger partial charge in [-0.05, 0) is 23.3 Å². The molecule has 0 saturated carbocycles. The lowest BCUT2D eigenvalue weighted by molar-refractivity contribution is 0.589. The highest BCUT2D eigenvalue weighted by atomic mass is 16.4. The van der Waals surface area contributed by atoms with Gasteiger partial charge in [-0.3, -0.25) is 0 Å². The minimum Gasteiger partial charge on any atom is -0.436 e. The highest BCUT2D eigenvalue weighted by Gasteiger charge is 2.07. The number of oxazole rings is 1. The Morgan fingerprint density at radius 1 is 0.552 bits per heavy atom. The van der Waals surface area contributed by atoms with Crippen molar-refractivity contribution in [3.63, 3.8) is 0 Å². The van der Waals surface area contributed by atoms with Crippen LogP contribution in [0, 0.1) is 0 Å². The van der Waals surface area contributed by atoms with Gasteiger partial charge < -0.3 is 4.42 Å². The van der Waals surface area contributed by atoms with Crippen molar-refractivity contribution in [2.24, 2.45) is 0 Å². The third-order valence-corrected chi connectivity index (χ3v) is 4.43. The number of rotatable bonds is 6. The fraction of sp³-hybridized carbons (Fsp3) is 0. The summed E-state index contributed by atoms with van der Waals surface area (Å²) in [4.78, 5) is 4.41. The van der Waals surface area contributed by atoms with Crippen molar-refractivity contribution in [3.05, 3.63) is 127 Å². The quantitative estimate of drug-likeness (QED) is 0.331. The Hall–Kier alpha value is -3.91. The number of hydrogen-bond acceptors (Lipinski definition) is 2. The third-order valence-electron chi connectivity index (χ3n) is 4.43. The molecule has 140 valence electrons. The van der Waals surface area contributed by atoms with E-state index in [0.29, 0.717) is 5.89 Å². The molecule has 0 atom stereocenters. The molecule has 3 aromatic carbocycles. The molecule has 0 amide bonds. The zero-order valence-corrected chi connectivity index (χ0v) is 16.0. The van der Waals surface area contributed by atoms with Gasteiger partial charge in [0, 0.05) is 11.1 Å². The summed E-state index contributed by atoms with van der Waals surface area (Å²) in [6, 6.07) is 28.4. The van der Waals surface area contributed by atoms with Gasteiger partial charge in [0.05, 0.1) is 6.20 Å². The molecule has 4 aromatic rings. The summed E-state index contributed by atoms with van der Waals surface area (Å²) >= 11 is 0. The van der Waals surface area contributed by atoms with E-state index in [-0.39, 0.29) is 0 Å². The van der Waals surface area contributed by atoms with Gasteiger partial charge in [0.25, 0.3) is 0 Å². The molecule has 0 fully saturated rings. The molecule has 4 rings (SSSR count).